The van der Waals surface area contributed by atoms with Crippen molar-refractivity contribution < 1.29 is 8.42 Å². The largest absolute Gasteiger partial charge is 0.356 e. The van der Waals surface area contributed by atoms with Gasteiger partial charge in [-0.05, 0) is 43.7 Å². The van der Waals surface area contributed by atoms with Crippen LogP contribution in [0, 0.1) is 19.8 Å². The molecule has 1 aliphatic heterocycles. The van der Waals surface area contributed by atoms with Crippen molar-refractivity contribution in [3.63, 3.8) is 0 Å². The molecule has 0 radical (unpaired) electrons. The van der Waals surface area contributed by atoms with E-state index in [0.29, 0.717) is 19.0 Å². The Bertz CT molecular complexity index is 714. The Balaban J connectivity index is 0.00000338. The Morgan fingerprint density at radius 2 is 1.88 bits per heavy atom. The first-order chi connectivity index (χ1) is 11.8. The first kappa shape index (κ1) is 23.2. The molecule has 6 nitrogen and oxygen atoms in total. The Morgan fingerprint density at radius 3 is 2.42 bits per heavy atom. The summed E-state index contributed by atoms with van der Waals surface area (Å²) >= 11 is 0. The number of hydrogen-bond donors (Lipinski definition) is 2. The fraction of sp³-hybridized carbons (Fsp3) is 0.611. The van der Waals surface area contributed by atoms with Gasteiger partial charge < -0.3 is 10.6 Å². The summed E-state index contributed by atoms with van der Waals surface area (Å²) < 4.78 is 24.7. The summed E-state index contributed by atoms with van der Waals surface area (Å²) in [6.07, 6.45) is 3.05. The van der Waals surface area contributed by atoms with E-state index in [-0.39, 0.29) is 24.0 Å². The standard InChI is InChI=1S/C18H30N4O2S.HI/c1-14-5-6-17(15(2)11-14)13-21-18(19-3)20-12-16-7-9-22(10-8-16)25(4,23)24;/h5-6,11,16H,7-10,12-13H2,1-4H3,(H2,19,20,21);1H. The Labute approximate surface area is 174 Å². The zero-order valence-electron chi connectivity index (χ0n) is 16.1. The van der Waals surface area contributed by atoms with Crippen molar-refractivity contribution in [1.82, 2.24) is 14.9 Å². The van der Waals surface area contributed by atoms with Gasteiger partial charge in [-0.25, -0.2) is 12.7 Å². The van der Waals surface area contributed by atoms with E-state index in [2.05, 4.69) is 47.7 Å². The van der Waals surface area contributed by atoms with E-state index in [9.17, 15) is 8.42 Å². The van der Waals surface area contributed by atoms with Crippen molar-refractivity contribution in [2.24, 2.45) is 10.9 Å². The molecule has 0 aliphatic carbocycles. The third-order valence-corrected chi connectivity index (χ3v) is 6.07. The average Bonchev–Trinajstić information content (AvgIpc) is 2.56. The molecule has 1 heterocycles. The number of rotatable bonds is 5. The van der Waals surface area contributed by atoms with Crippen molar-refractivity contribution in [1.29, 1.82) is 0 Å². The number of sulfonamides is 1. The summed E-state index contributed by atoms with van der Waals surface area (Å²) in [7, 11) is -1.29. The van der Waals surface area contributed by atoms with Crippen molar-refractivity contribution in [2.75, 3.05) is 32.9 Å². The summed E-state index contributed by atoms with van der Waals surface area (Å²) in [5, 5.41) is 6.72. The number of piperidine rings is 1. The highest BCUT2D eigenvalue weighted by Crippen LogP contribution is 2.18. The number of benzene rings is 1. The molecule has 2 rings (SSSR count). The van der Waals surface area contributed by atoms with Crippen LogP contribution in [-0.2, 0) is 16.6 Å². The molecule has 0 amide bonds. The quantitative estimate of drug-likeness (QED) is 0.374. The molecule has 1 aliphatic rings. The highest BCUT2D eigenvalue weighted by atomic mass is 127. The van der Waals surface area contributed by atoms with Crippen LogP contribution in [0.15, 0.2) is 23.2 Å². The predicted molar refractivity (Wildman–Crippen MR) is 119 cm³/mol. The number of aryl methyl sites for hydroxylation is 2. The monoisotopic (exact) mass is 494 g/mol. The second-order valence-corrected chi connectivity index (χ2v) is 8.82. The number of nitrogens with one attached hydrogen (secondary N) is 2. The molecule has 0 aromatic heterocycles. The normalized spacial score (nSPS) is 16.8. The van der Waals surface area contributed by atoms with Crippen LogP contribution in [0.4, 0.5) is 0 Å². The minimum absolute atomic E-state index is 0. The third-order valence-electron chi connectivity index (χ3n) is 4.77. The van der Waals surface area contributed by atoms with Crippen LogP contribution >= 0.6 is 24.0 Å². The van der Waals surface area contributed by atoms with E-state index in [1.165, 1.54) is 22.9 Å². The second kappa shape index (κ2) is 10.5. The molecule has 0 unspecified atom stereocenters. The van der Waals surface area contributed by atoms with E-state index >= 15 is 0 Å². The molecule has 1 saturated heterocycles. The molecule has 1 aromatic rings. The SMILES string of the molecule is CN=C(NCc1ccc(C)cc1C)NCC1CCN(S(C)(=O)=O)CC1.I. The van der Waals surface area contributed by atoms with Crippen molar-refractivity contribution in [2.45, 2.75) is 33.2 Å². The number of guanidine groups is 1. The van der Waals surface area contributed by atoms with Crippen LogP contribution < -0.4 is 10.6 Å². The molecule has 1 fully saturated rings. The summed E-state index contributed by atoms with van der Waals surface area (Å²) in [6.45, 7) is 6.98. The molecular weight excluding hydrogens is 463 g/mol. The maximum absolute atomic E-state index is 11.6. The minimum atomic E-state index is -3.05. The van der Waals surface area contributed by atoms with Gasteiger partial charge in [0.05, 0.1) is 6.26 Å². The Kier molecular flexibility index (Phi) is 9.32. The smallest absolute Gasteiger partial charge is 0.211 e. The molecule has 8 heteroatoms. The third kappa shape index (κ3) is 7.03. The van der Waals surface area contributed by atoms with Gasteiger partial charge in [-0.3, -0.25) is 4.99 Å². The van der Waals surface area contributed by atoms with Gasteiger partial charge in [0.15, 0.2) is 5.96 Å². The Hall–Kier alpha value is -0.870. The fourth-order valence-electron chi connectivity index (χ4n) is 3.13. The summed E-state index contributed by atoms with van der Waals surface area (Å²) in [5.74, 6) is 1.25. The molecule has 0 atom stereocenters. The lowest BCUT2D eigenvalue weighted by Gasteiger charge is -2.30. The maximum Gasteiger partial charge on any atom is 0.211 e. The minimum Gasteiger partial charge on any atom is -0.356 e. The molecule has 0 spiro atoms. The number of hydrogen-bond acceptors (Lipinski definition) is 3. The highest BCUT2D eigenvalue weighted by molar-refractivity contribution is 14.0. The summed E-state index contributed by atoms with van der Waals surface area (Å²) in [6, 6.07) is 6.45. The van der Waals surface area contributed by atoms with Gasteiger partial charge >= 0.3 is 0 Å². The van der Waals surface area contributed by atoms with Gasteiger partial charge in [-0.1, -0.05) is 23.8 Å². The van der Waals surface area contributed by atoms with Crippen LogP contribution in [0.3, 0.4) is 0 Å². The van der Waals surface area contributed by atoms with Gasteiger partial charge in [-0.2, -0.15) is 0 Å². The lowest BCUT2D eigenvalue weighted by atomic mass is 9.98. The van der Waals surface area contributed by atoms with E-state index in [1.54, 1.807) is 11.4 Å². The van der Waals surface area contributed by atoms with Crippen LogP contribution in [0.5, 0.6) is 0 Å². The topological polar surface area (TPSA) is 73.8 Å². The van der Waals surface area contributed by atoms with Gasteiger partial charge in [0, 0.05) is 33.2 Å². The first-order valence-electron chi connectivity index (χ1n) is 8.75. The van der Waals surface area contributed by atoms with E-state index < -0.39 is 10.0 Å². The van der Waals surface area contributed by atoms with Gasteiger partial charge in [0.25, 0.3) is 0 Å². The van der Waals surface area contributed by atoms with Crippen molar-refractivity contribution in [3.05, 3.63) is 34.9 Å². The summed E-state index contributed by atoms with van der Waals surface area (Å²) in [5.41, 5.74) is 3.80. The Morgan fingerprint density at radius 1 is 1.23 bits per heavy atom. The van der Waals surface area contributed by atoms with Gasteiger partial charge in [0.1, 0.15) is 0 Å². The lowest BCUT2D eigenvalue weighted by Crippen LogP contribution is -2.43. The fourth-order valence-corrected chi connectivity index (χ4v) is 4.00. The van der Waals surface area contributed by atoms with E-state index in [0.717, 1.165) is 31.9 Å². The predicted octanol–water partition coefficient (Wildman–Crippen LogP) is 2.26. The number of halogens is 1. The molecule has 148 valence electrons. The summed E-state index contributed by atoms with van der Waals surface area (Å²) in [4.78, 5) is 4.28. The van der Waals surface area contributed by atoms with Gasteiger partial charge in [-0.15, -0.1) is 24.0 Å². The van der Waals surface area contributed by atoms with Crippen LogP contribution in [0.2, 0.25) is 0 Å². The van der Waals surface area contributed by atoms with Crippen molar-refractivity contribution in [3.8, 4) is 0 Å². The first-order valence-corrected chi connectivity index (χ1v) is 10.6. The number of nitrogens with zero attached hydrogens (tertiary/aromatic N) is 2. The molecule has 1 aromatic carbocycles. The zero-order valence-corrected chi connectivity index (χ0v) is 19.2. The van der Waals surface area contributed by atoms with E-state index in [4.69, 9.17) is 0 Å². The van der Waals surface area contributed by atoms with Crippen LogP contribution in [0.1, 0.15) is 29.5 Å². The molecule has 26 heavy (non-hydrogen) atoms. The maximum atomic E-state index is 11.6. The average molecular weight is 494 g/mol. The second-order valence-electron chi connectivity index (χ2n) is 6.84. The highest BCUT2D eigenvalue weighted by Gasteiger charge is 2.24. The lowest BCUT2D eigenvalue weighted by molar-refractivity contribution is 0.275. The van der Waals surface area contributed by atoms with Crippen LogP contribution in [-0.4, -0.2) is 51.6 Å². The molecule has 0 saturated carbocycles. The van der Waals surface area contributed by atoms with Crippen LogP contribution in [0.25, 0.3) is 0 Å². The molecule has 2 N–H and O–H groups in total. The molecular formula is C18H31IN4O2S. The van der Waals surface area contributed by atoms with Gasteiger partial charge in [0.2, 0.25) is 10.0 Å². The van der Waals surface area contributed by atoms with Crippen molar-refractivity contribution >= 4 is 40.0 Å². The number of aliphatic imine (C=N–C) groups is 1. The molecule has 0 bridgehead atoms. The van der Waals surface area contributed by atoms with E-state index in [1.807, 2.05) is 0 Å². The zero-order chi connectivity index (χ0) is 18.4.